The summed E-state index contributed by atoms with van der Waals surface area (Å²) in [7, 11) is 0. The third kappa shape index (κ3) is 1.49. The van der Waals surface area contributed by atoms with E-state index in [2.05, 4.69) is 22.8 Å². The van der Waals surface area contributed by atoms with Crippen LogP contribution in [0.5, 0.6) is 0 Å². The van der Waals surface area contributed by atoms with Crippen LogP contribution in [0.25, 0.3) is 11.5 Å². The Morgan fingerprint density at radius 3 is 3.00 bits per heavy atom. The van der Waals surface area contributed by atoms with Crippen LogP contribution in [0.1, 0.15) is 11.3 Å². The van der Waals surface area contributed by atoms with Gasteiger partial charge < -0.3 is 4.42 Å². The summed E-state index contributed by atoms with van der Waals surface area (Å²) in [5.41, 5.74) is 1.97. The van der Waals surface area contributed by atoms with Crippen molar-refractivity contribution in [3.05, 3.63) is 29.7 Å². The van der Waals surface area contributed by atoms with Gasteiger partial charge in [0.15, 0.2) is 5.76 Å². The fraction of sp³-hybridized carbons (Fsp3) is 0.222. The molecule has 0 aliphatic rings. The van der Waals surface area contributed by atoms with Gasteiger partial charge in [-0.1, -0.05) is 0 Å². The molecule has 2 aromatic heterocycles. The lowest BCUT2D eigenvalue weighted by atomic mass is 10.2. The van der Waals surface area contributed by atoms with Gasteiger partial charge in [-0.15, -0.1) is 0 Å². The van der Waals surface area contributed by atoms with Crippen molar-refractivity contribution in [1.82, 2.24) is 10.2 Å². The van der Waals surface area contributed by atoms with E-state index in [9.17, 15) is 0 Å². The largest absolute Gasteiger partial charge is 0.460 e. The summed E-state index contributed by atoms with van der Waals surface area (Å²) in [4.78, 5) is 0. The van der Waals surface area contributed by atoms with Crippen molar-refractivity contribution >= 4 is 12.6 Å². The van der Waals surface area contributed by atoms with Gasteiger partial charge in [-0.3, -0.25) is 5.10 Å². The molecule has 0 atom stereocenters. The van der Waals surface area contributed by atoms with Crippen molar-refractivity contribution in [3.8, 4) is 11.5 Å². The van der Waals surface area contributed by atoms with Crippen molar-refractivity contribution in [1.29, 1.82) is 0 Å². The quantitative estimate of drug-likeness (QED) is 0.721. The zero-order valence-electron chi connectivity index (χ0n) is 7.24. The fourth-order valence-corrected chi connectivity index (χ4v) is 1.45. The molecular formula is C9H10N2OS. The fourth-order valence-electron chi connectivity index (χ4n) is 1.21. The van der Waals surface area contributed by atoms with Crippen LogP contribution >= 0.6 is 12.6 Å². The van der Waals surface area contributed by atoms with Gasteiger partial charge in [-0.25, -0.2) is 0 Å². The molecule has 0 spiro atoms. The minimum atomic E-state index is 0.658. The molecule has 4 heteroatoms. The molecule has 0 saturated carbocycles. The SMILES string of the molecule is Cc1ccc(-c2[nH]ncc2CS)o1. The lowest BCUT2D eigenvalue weighted by molar-refractivity contribution is 0.546. The smallest absolute Gasteiger partial charge is 0.152 e. The lowest BCUT2D eigenvalue weighted by Gasteiger charge is -1.94. The number of nitrogens with zero attached hydrogens (tertiary/aromatic N) is 1. The number of aromatic nitrogens is 2. The molecule has 0 amide bonds. The van der Waals surface area contributed by atoms with Gasteiger partial charge in [0.25, 0.3) is 0 Å². The minimum Gasteiger partial charge on any atom is -0.460 e. The highest BCUT2D eigenvalue weighted by atomic mass is 32.1. The van der Waals surface area contributed by atoms with E-state index >= 15 is 0 Å². The Labute approximate surface area is 81.6 Å². The molecule has 0 radical (unpaired) electrons. The summed E-state index contributed by atoms with van der Waals surface area (Å²) in [6, 6.07) is 3.86. The summed E-state index contributed by atoms with van der Waals surface area (Å²) >= 11 is 4.20. The molecule has 0 saturated heterocycles. The van der Waals surface area contributed by atoms with Gasteiger partial charge in [-0.2, -0.15) is 17.7 Å². The van der Waals surface area contributed by atoms with Gasteiger partial charge in [-0.05, 0) is 19.1 Å². The highest BCUT2D eigenvalue weighted by Crippen LogP contribution is 2.23. The summed E-state index contributed by atoms with van der Waals surface area (Å²) in [6.07, 6.45) is 1.76. The first kappa shape index (κ1) is 8.44. The van der Waals surface area contributed by atoms with Gasteiger partial charge in [0, 0.05) is 11.3 Å². The predicted octanol–water partition coefficient (Wildman–Crippen LogP) is 2.41. The molecule has 2 rings (SSSR count). The van der Waals surface area contributed by atoms with Crippen LogP contribution in [0.2, 0.25) is 0 Å². The maximum atomic E-state index is 5.47. The number of hydrogen-bond donors (Lipinski definition) is 2. The Hall–Kier alpha value is -1.16. The van der Waals surface area contributed by atoms with Crippen LogP contribution in [0.3, 0.4) is 0 Å². The van der Waals surface area contributed by atoms with E-state index in [1.807, 2.05) is 19.1 Å². The summed E-state index contributed by atoms with van der Waals surface area (Å²) < 4.78 is 5.47. The number of nitrogens with one attached hydrogen (secondary N) is 1. The Kier molecular flexibility index (Phi) is 2.14. The predicted molar refractivity (Wildman–Crippen MR) is 53.7 cm³/mol. The molecule has 0 aliphatic carbocycles. The van der Waals surface area contributed by atoms with Crippen LogP contribution in [-0.4, -0.2) is 10.2 Å². The zero-order chi connectivity index (χ0) is 9.26. The minimum absolute atomic E-state index is 0.658. The number of aryl methyl sites for hydroxylation is 1. The van der Waals surface area contributed by atoms with Crippen LogP contribution in [0, 0.1) is 6.92 Å². The molecular weight excluding hydrogens is 184 g/mol. The van der Waals surface area contributed by atoms with Crippen molar-refractivity contribution in [2.24, 2.45) is 0 Å². The van der Waals surface area contributed by atoms with Crippen LogP contribution in [0.15, 0.2) is 22.7 Å². The van der Waals surface area contributed by atoms with Gasteiger partial charge >= 0.3 is 0 Å². The molecule has 2 aromatic rings. The number of thiol groups is 1. The number of rotatable bonds is 2. The van der Waals surface area contributed by atoms with Crippen LogP contribution in [-0.2, 0) is 5.75 Å². The normalized spacial score (nSPS) is 10.6. The average molecular weight is 194 g/mol. The monoisotopic (exact) mass is 194 g/mol. The van der Waals surface area contributed by atoms with E-state index in [4.69, 9.17) is 4.42 Å². The van der Waals surface area contributed by atoms with E-state index in [0.717, 1.165) is 22.8 Å². The average Bonchev–Trinajstić information content (AvgIpc) is 2.71. The van der Waals surface area contributed by atoms with Crippen LogP contribution in [0.4, 0.5) is 0 Å². The molecule has 0 aromatic carbocycles. The Morgan fingerprint density at radius 1 is 1.54 bits per heavy atom. The van der Waals surface area contributed by atoms with E-state index in [1.54, 1.807) is 6.20 Å². The Bertz CT molecular complexity index is 405. The summed E-state index contributed by atoms with van der Waals surface area (Å²) in [5, 5.41) is 6.84. The summed E-state index contributed by atoms with van der Waals surface area (Å²) in [6.45, 7) is 1.92. The summed E-state index contributed by atoms with van der Waals surface area (Å²) in [5.74, 6) is 2.37. The topological polar surface area (TPSA) is 41.8 Å². The number of H-pyrrole nitrogens is 1. The molecule has 1 N–H and O–H groups in total. The second-order valence-corrected chi connectivity index (χ2v) is 3.15. The second-order valence-electron chi connectivity index (χ2n) is 2.84. The first-order chi connectivity index (χ1) is 6.31. The standard InChI is InChI=1S/C9H10N2OS/c1-6-2-3-8(12-6)9-7(5-13)4-10-11-9/h2-4,13H,5H2,1H3,(H,10,11). The third-order valence-electron chi connectivity index (χ3n) is 1.87. The first-order valence-corrected chi connectivity index (χ1v) is 4.64. The highest BCUT2D eigenvalue weighted by molar-refractivity contribution is 7.79. The van der Waals surface area contributed by atoms with Crippen molar-refractivity contribution in [2.75, 3.05) is 0 Å². The van der Waals surface area contributed by atoms with E-state index in [0.29, 0.717) is 5.75 Å². The Balaban J connectivity index is 2.45. The lowest BCUT2D eigenvalue weighted by Crippen LogP contribution is -1.79. The highest BCUT2D eigenvalue weighted by Gasteiger charge is 2.08. The van der Waals surface area contributed by atoms with Gasteiger partial charge in [0.1, 0.15) is 11.5 Å². The molecule has 0 bridgehead atoms. The number of furan rings is 1. The molecule has 0 aliphatic heterocycles. The molecule has 68 valence electrons. The molecule has 13 heavy (non-hydrogen) atoms. The maximum absolute atomic E-state index is 5.47. The van der Waals surface area contributed by atoms with E-state index in [-0.39, 0.29) is 0 Å². The van der Waals surface area contributed by atoms with Gasteiger partial charge in [0.05, 0.1) is 6.20 Å². The van der Waals surface area contributed by atoms with Crippen LogP contribution < -0.4 is 0 Å². The number of hydrogen-bond acceptors (Lipinski definition) is 3. The molecule has 2 heterocycles. The first-order valence-electron chi connectivity index (χ1n) is 4.01. The Morgan fingerprint density at radius 2 is 2.38 bits per heavy atom. The maximum Gasteiger partial charge on any atom is 0.152 e. The van der Waals surface area contributed by atoms with Crippen molar-refractivity contribution in [2.45, 2.75) is 12.7 Å². The zero-order valence-corrected chi connectivity index (χ0v) is 8.14. The molecule has 3 nitrogen and oxygen atoms in total. The van der Waals surface area contributed by atoms with Gasteiger partial charge in [0.2, 0.25) is 0 Å². The van der Waals surface area contributed by atoms with Crippen molar-refractivity contribution < 1.29 is 4.42 Å². The van der Waals surface area contributed by atoms with E-state index in [1.165, 1.54) is 0 Å². The molecule has 0 fully saturated rings. The van der Waals surface area contributed by atoms with E-state index < -0.39 is 0 Å². The third-order valence-corrected chi connectivity index (χ3v) is 2.22. The van der Waals surface area contributed by atoms with Crippen molar-refractivity contribution in [3.63, 3.8) is 0 Å². The number of aromatic amines is 1. The second kappa shape index (κ2) is 3.30. The molecule has 0 unspecified atom stereocenters.